The fraction of sp³-hybridized carbons (Fsp3) is 0.0952. The third-order valence-electron chi connectivity index (χ3n) is 4.02. The molecular weight excluding hydrogens is 312 g/mol. The van der Waals surface area contributed by atoms with Crippen molar-refractivity contribution in [2.45, 2.75) is 13.1 Å². The van der Waals surface area contributed by atoms with Crippen LogP contribution < -0.4 is 10.8 Å². The monoisotopic (exact) mass is 332 g/mol. The first-order valence-electron chi connectivity index (χ1n) is 8.15. The van der Waals surface area contributed by atoms with Gasteiger partial charge in [-0.15, -0.1) is 0 Å². The van der Waals surface area contributed by atoms with Crippen molar-refractivity contribution in [1.82, 2.24) is 10.8 Å². The summed E-state index contributed by atoms with van der Waals surface area (Å²) in [6.07, 6.45) is 0. The maximum atomic E-state index is 11.9. The number of nitrogens with one attached hydrogen (secondary N) is 2. The Morgan fingerprint density at radius 2 is 1.44 bits per heavy atom. The molecule has 3 rings (SSSR count). The van der Waals surface area contributed by atoms with E-state index in [0.717, 1.165) is 23.2 Å². The van der Waals surface area contributed by atoms with Gasteiger partial charge in [0, 0.05) is 18.7 Å². The van der Waals surface area contributed by atoms with Crippen molar-refractivity contribution in [3.63, 3.8) is 0 Å². The van der Waals surface area contributed by atoms with Crippen LogP contribution in [0.15, 0.2) is 78.9 Å². The van der Waals surface area contributed by atoms with Gasteiger partial charge in [0.15, 0.2) is 0 Å². The van der Waals surface area contributed by atoms with Crippen LogP contribution in [0.4, 0.5) is 0 Å². The molecular formula is C21H20N2O2. The lowest BCUT2D eigenvalue weighted by Gasteiger charge is -2.12. The smallest absolute Gasteiger partial charge is 0.275 e. The predicted molar refractivity (Wildman–Crippen MR) is 98.1 cm³/mol. The molecule has 1 amide bonds. The molecule has 3 aromatic carbocycles. The van der Waals surface area contributed by atoms with E-state index in [1.54, 1.807) is 11.5 Å². The quantitative estimate of drug-likeness (QED) is 0.476. The molecule has 4 nitrogen and oxygen atoms in total. The first kappa shape index (κ1) is 16.9. The number of amides is 1. The van der Waals surface area contributed by atoms with Gasteiger partial charge in [0.05, 0.1) is 0 Å². The number of hydrogen-bond donors (Lipinski definition) is 3. The topological polar surface area (TPSA) is 61.4 Å². The fourth-order valence-corrected chi connectivity index (χ4v) is 2.76. The van der Waals surface area contributed by atoms with Crippen LogP contribution in [0.2, 0.25) is 0 Å². The Bertz CT molecular complexity index is 833. The van der Waals surface area contributed by atoms with Gasteiger partial charge >= 0.3 is 0 Å². The van der Waals surface area contributed by atoms with Crippen LogP contribution in [-0.4, -0.2) is 11.1 Å². The van der Waals surface area contributed by atoms with Crippen LogP contribution in [0.3, 0.4) is 0 Å². The first-order valence-corrected chi connectivity index (χ1v) is 8.15. The lowest BCUT2D eigenvalue weighted by atomic mass is 9.97. The highest BCUT2D eigenvalue weighted by Gasteiger charge is 2.13. The molecule has 4 heteroatoms. The van der Waals surface area contributed by atoms with Gasteiger partial charge in [0.1, 0.15) is 0 Å². The van der Waals surface area contributed by atoms with Crippen molar-refractivity contribution >= 4 is 5.91 Å². The Morgan fingerprint density at radius 3 is 2.12 bits per heavy atom. The standard InChI is InChI=1S/C21H20N2O2/c24-21(23-25)19-12-11-17(13-20(19)18-9-5-2-6-10-18)15-22-14-16-7-3-1-4-8-16/h1-13,22,25H,14-15H2,(H,23,24). The van der Waals surface area contributed by atoms with Crippen LogP contribution in [0.25, 0.3) is 11.1 Å². The molecule has 0 fully saturated rings. The molecule has 126 valence electrons. The molecule has 3 N–H and O–H groups in total. The molecule has 0 unspecified atom stereocenters. The van der Waals surface area contributed by atoms with Gasteiger partial charge in [0.2, 0.25) is 0 Å². The van der Waals surface area contributed by atoms with E-state index in [9.17, 15) is 4.79 Å². The minimum atomic E-state index is -0.511. The highest BCUT2D eigenvalue weighted by atomic mass is 16.5. The SMILES string of the molecule is O=C(NO)c1ccc(CNCc2ccccc2)cc1-c1ccccc1. The third kappa shape index (κ3) is 4.32. The van der Waals surface area contributed by atoms with Gasteiger partial charge in [0.25, 0.3) is 5.91 Å². The second-order valence-electron chi connectivity index (χ2n) is 5.78. The van der Waals surface area contributed by atoms with Crippen molar-refractivity contribution in [2.24, 2.45) is 0 Å². The Kier molecular flexibility index (Phi) is 5.57. The average molecular weight is 332 g/mol. The van der Waals surface area contributed by atoms with Crippen molar-refractivity contribution in [2.75, 3.05) is 0 Å². The van der Waals surface area contributed by atoms with Gasteiger partial charge in [-0.2, -0.15) is 0 Å². The Morgan fingerprint density at radius 1 is 0.800 bits per heavy atom. The van der Waals surface area contributed by atoms with Crippen molar-refractivity contribution in [1.29, 1.82) is 0 Å². The van der Waals surface area contributed by atoms with E-state index in [-0.39, 0.29) is 0 Å². The number of carbonyl (C=O) groups excluding carboxylic acids is 1. The summed E-state index contributed by atoms with van der Waals surface area (Å²) in [5, 5.41) is 12.4. The summed E-state index contributed by atoms with van der Waals surface area (Å²) in [5.41, 5.74) is 6.20. The number of hydrogen-bond acceptors (Lipinski definition) is 3. The molecule has 0 radical (unpaired) electrons. The molecule has 0 saturated heterocycles. The summed E-state index contributed by atoms with van der Waals surface area (Å²) in [5.74, 6) is -0.511. The van der Waals surface area contributed by atoms with Gasteiger partial charge < -0.3 is 5.32 Å². The molecule has 0 aliphatic carbocycles. The molecule has 0 aliphatic heterocycles. The van der Waals surface area contributed by atoms with Crippen LogP contribution in [0.5, 0.6) is 0 Å². The number of carbonyl (C=O) groups is 1. The lowest BCUT2D eigenvalue weighted by Crippen LogP contribution is -2.20. The summed E-state index contributed by atoms with van der Waals surface area (Å²) >= 11 is 0. The van der Waals surface area contributed by atoms with Crippen LogP contribution in [0, 0.1) is 0 Å². The van der Waals surface area contributed by atoms with Crippen molar-refractivity contribution < 1.29 is 10.0 Å². The number of benzene rings is 3. The molecule has 0 bridgehead atoms. The zero-order chi connectivity index (χ0) is 17.5. The first-order chi connectivity index (χ1) is 12.3. The normalized spacial score (nSPS) is 10.4. The third-order valence-corrected chi connectivity index (χ3v) is 4.02. The molecule has 0 aromatic heterocycles. The predicted octanol–water partition coefficient (Wildman–Crippen LogP) is 3.76. The summed E-state index contributed by atoms with van der Waals surface area (Å²) in [4.78, 5) is 11.9. The van der Waals surface area contributed by atoms with Gasteiger partial charge in [-0.3, -0.25) is 10.0 Å². The Labute approximate surface area is 147 Å². The van der Waals surface area contributed by atoms with Crippen LogP contribution >= 0.6 is 0 Å². The second-order valence-corrected chi connectivity index (χ2v) is 5.78. The van der Waals surface area contributed by atoms with E-state index in [1.165, 1.54) is 5.56 Å². The zero-order valence-electron chi connectivity index (χ0n) is 13.8. The van der Waals surface area contributed by atoms with E-state index in [0.29, 0.717) is 12.1 Å². The fourth-order valence-electron chi connectivity index (χ4n) is 2.76. The highest BCUT2D eigenvalue weighted by Crippen LogP contribution is 2.25. The van der Waals surface area contributed by atoms with Gasteiger partial charge in [-0.1, -0.05) is 66.7 Å². The van der Waals surface area contributed by atoms with Crippen LogP contribution in [-0.2, 0) is 13.1 Å². The second kappa shape index (κ2) is 8.24. The summed E-state index contributed by atoms with van der Waals surface area (Å²) in [6.45, 7) is 1.47. The highest BCUT2D eigenvalue weighted by molar-refractivity contribution is 6.00. The van der Waals surface area contributed by atoms with Gasteiger partial charge in [-0.25, -0.2) is 5.48 Å². The molecule has 0 heterocycles. The minimum absolute atomic E-state index is 0.445. The lowest BCUT2D eigenvalue weighted by molar-refractivity contribution is 0.0707. The number of hydroxylamine groups is 1. The number of rotatable bonds is 6. The minimum Gasteiger partial charge on any atom is -0.309 e. The molecule has 0 atom stereocenters. The van der Waals surface area contributed by atoms with Crippen molar-refractivity contribution in [3.8, 4) is 11.1 Å². The van der Waals surface area contributed by atoms with E-state index in [4.69, 9.17) is 5.21 Å². The molecule has 0 spiro atoms. The summed E-state index contributed by atoms with van der Waals surface area (Å²) in [7, 11) is 0. The molecule has 25 heavy (non-hydrogen) atoms. The average Bonchev–Trinajstić information content (AvgIpc) is 2.69. The maximum absolute atomic E-state index is 11.9. The molecule has 0 saturated carbocycles. The maximum Gasteiger partial charge on any atom is 0.275 e. The Hall–Kier alpha value is -2.95. The van der Waals surface area contributed by atoms with Crippen molar-refractivity contribution in [3.05, 3.63) is 95.6 Å². The molecule has 0 aliphatic rings. The molecule has 3 aromatic rings. The summed E-state index contributed by atoms with van der Waals surface area (Å²) in [6, 6.07) is 25.5. The Balaban J connectivity index is 1.80. The van der Waals surface area contributed by atoms with E-state index in [1.807, 2.05) is 60.7 Å². The largest absolute Gasteiger partial charge is 0.309 e. The van der Waals surface area contributed by atoms with Crippen LogP contribution in [0.1, 0.15) is 21.5 Å². The zero-order valence-corrected chi connectivity index (χ0v) is 13.8. The van der Waals surface area contributed by atoms with Gasteiger partial charge in [-0.05, 0) is 34.4 Å². The summed E-state index contributed by atoms with van der Waals surface area (Å²) < 4.78 is 0. The van der Waals surface area contributed by atoms with E-state index in [2.05, 4.69) is 17.4 Å². The van der Waals surface area contributed by atoms with E-state index < -0.39 is 5.91 Å². The van der Waals surface area contributed by atoms with E-state index >= 15 is 0 Å².